The molecular formula is C24H38N6O2. The molecule has 1 aromatic heterocycles. The van der Waals surface area contributed by atoms with Crippen LogP contribution in [0.3, 0.4) is 0 Å². The molecule has 1 aliphatic rings. The zero-order chi connectivity index (χ0) is 22.4. The SMILES string of the molecule is CCNC(=NCc1cccc(OCCN(C)C2CCOCC2)c1)NCCCn1cccn1. The van der Waals surface area contributed by atoms with Gasteiger partial charge in [0, 0.05) is 57.8 Å². The highest BCUT2D eigenvalue weighted by Crippen LogP contribution is 2.15. The number of aromatic nitrogens is 2. The van der Waals surface area contributed by atoms with Crippen LogP contribution in [-0.4, -0.2) is 73.2 Å². The van der Waals surface area contributed by atoms with Crippen LogP contribution in [0.15, 0.2) is 47.7 Å². The maximum Gasteiger partial charge on any atom is 0.191 e. The molecule has 2 aromatic rings. The summed E-state index contributed by atoms with van der Waals surface area (Å²) in [6, 6.07) is 10.8. The fraction of sp³-hybridized carbons (Fsp3) is 0.583. The molecule has 0 saturated carbocycles. The lowest BCUT2D eigenvalue weighted by molar-refractivity contribution is 0.0392. The van der Waals surface area contributed by atoms with Crippen molar-refractivity contribution < 1.29 is 9.47 Å². The van der Waals surface area contributed by atoms with Gasteiger partial charge in [0.05, 0.1) is 6.54 Å². The van der Waals surface area contributed by atoms with Gasteiger partial charge in [0.1, 0.15) is 12.4 Å². The average Bonchev–Trinajstić information content (AvgIpc) is 3.34. The Labute approximate surface area is 192 Å². The number of benzene rings is 1. The van der Waals surface area contributed by atoms with Gasteiger partial charge < -0.3 is 20.1 Å². The van der Waals surface area contributed by atoms with E-state index >= 15 is 0 Å². The van der Waals surface area contributed by atoms with E-state index in [4.69, 9.17) is 14.5 Å². The molecule has 1 fully saturated rings. The molecule has 1 saturated heterocycles. The summed E-state index contributed by atoms with van der Waals surface area (Å²) < 4.78 is 13.4. The van der Waals surface area contributed by atoms with E-state index in [1.54, 1.807) is 6.20 Å². The molecule has 2 N–H and O–H groups in total. The van der Waals surface area contributed by atoms with Gasteiger partial charge in [-0.2, -0.15) is 5.10 Å². The summed E-state index contributed by atoms with van der Waals surface area (Å²) in [5.74, 6) is 1.73. The Morgan fingerprint density at radius 2 is 2.16 bits per heavy atom. The largest absolute Gasteiger partial charge is 0.492 e. The summed E-state index contributed by atoms with van der Waals surface area (Å²) in [4.78, 5) is 7.11. The van der Waals surface area contributed by atoms with E-state index in [1.807, 2.05) is 29.1 Å². The monoisotopic (exact) mass is 442 g/mol. The lowest BCUT2D eigenvalue weighted by Crippen LogP contribution is -2.38. The van der Waals surface area contributed by atoms with Gasteiger partial charge in [-0.25, -0.2) is 4.99 Å². The summed E-state index contributed by atoms with van der Waals surface area (Å²) >= 11 is 0. The van der Waals surface area contributed by atoms with Crippen molar-refractivity contribution in [2.24, 2.45) is 4.99 Å². The number of nitrogens with one attached hydrogen (secondary N) is 2. The molecule has 3 rings (SSSR count). The van der Waals surface area contributed by atoms with Gasteiger partial charge in [-0.1, -0.05) is 12.1 Å². The summed E-state index contributed by atoms with van der Waals surface area (Å²) in [5.41, 5.74) is 1.13. The van der Waals surface area contributed by atoms with E-state index < -0.39 is 0 Å². The Balaban J connectivity index is 1.41. The number of hydrogen-bond acceptors (Lipinski definition) is 5. The zero-order valence-electron chi connectivity index (χ0n) is 19.5. The third-order valence-corrected chi connectivity index (χ3v) is 5.60. The van der Waals surface area contributed by atoms with Gasteiger partial charge in [-0.3, -0.25) is 9.58 Å². The summed E-state index contributed by atoms with van der Waals surface area (Å²) in [7, 11) is 2.18. The number of likely N-dealkylation sites (N-methyl/N-ethyl adjacent to an activating group) is 1. The minimum atomic E-state index is 0.601. The molecule has 2 heterocycles. The molecule has 176 valence electrons. The molecule has 8 nitrogen and oxygen atoms in total. The molecule has 0 radical (unpaired) electrons. The van der Waals surface area contributed by atoms with Crippen molar-refractivity contribution >= 4 is 5.96 Å². The Morgan fingerprint density at radius 3 is 2.94 bits per heavy atom. The predicted molar refractivity (Wildman–Crippen MR) is 128 cm³/mol. The molecule has 0 atom stereocenters. The number of hydrogen-bond donors (Lipinski definition) is 2. The first-order chi connectivity index (χ1) is 15.7. The lowest BCUT2D eigenvalue weighted by Gasteiger charge is -2.31. The minimum absolute atomic E-state index is 0.601. The van der Waals surface area contributed by atoms with Gasteiger partial charge in [0.15, 0.2) is 5.96 Å². The molecule has 0 spiro atoms. The zero-order valence-corrected chi connectivity index (χ0v) is 19.5. The molecular weight excluding hydrogens is 404 g/mol. The number of nitrogens with zero attached hydrogens (tertiary/aromatic N) is 4. The van der Waals surface area contributed by atoms with Crippen LogP contribution in [0.1, 0.15) is 31.7 Å². The lowest BCUT2D eigenvalue weighted by atomic mass is 10.1. The van der Waals surface area contributed by atoms with Crippen LogP contribution in [0.2, 0.25) is 0 Å². The van der Waals surface area contributed by atoms with Crippen molar-refractivity contribution in [3.63, 3.8) is 0 Å². The third kappa shape index (κ3) is 8.51. The standard InChI is InChI=1S/C24H38N6O2/c1-3-25-24(26-11-5-13-30-14-6-12-28-30)27-20-21-7-4-8-23(19-21)32-18-15-29(2)22-9-16-31-17-10-22/h4,6-8,12,14,19,22H,3,5,9-11,13,15-18,20H2,1-2H3,(H2,25,26,27). The van der Waals surface area contributed by atoms with Crippen molar-refractivity contribution in [1.29, 1.82) is 0 Å². The highest BCUT2D eigenvalue weighted by molar-refractivity contribution is 5.79. The first-order valence-corrected chi connectivity index (χ1v) is 11.7. The molecule has 0 unspecified atom stereocenters. The predicted octanol–water partition coefficient (Wildman–Crippen LogP) is 2.52. The van der Waals surface area contributed by atoms with Crippen LogP contribution in [0.4, 0.5) is 0 Å². The molecule has 0 aliphatic carbocycles. The Kier molecular flexibility index (Phi) is 10.3. The topological polar surface area (TPSA) is 75.9 Å². The molecule has 0 amide bonds. The van der Waals surface area contributed by atoms with E-state index in [0.29, 0.717) is 19.2 Å². The van der Waals surface area contributed by atoms with E-state index in [-0.39, 0.29) is 0 Å². The van der Waals surface area contributed by atoms with Crippen molar-refractivity contribution in [2.75, 3.05) is 46.5 Å². The van der Waals surface area contributed by atoms with E-state index in [2.05, 4.69) is 46.7 Å². The molecule has 1 aromatic carbocycles. The third-order valence-electron chi connectivity index (χ3n) is 5.60. The normalized spacial score (nSPS) is 15.2. The minimum Gasteiger partial charge on any atom is -0.492 e. The van der Waals surface area contributed by atoms with Crippen LogP contribution in [0, 0.1) is 0 Å². The maximum atomic E-state index is 6.02. The quantitative estimate of drug-likeness (QED) is 0.299. The molecule has 32 heavy (non-hydrogen) atoms. The highest BCUT2D eigenvalue weighted by atomic mass is 16.5. The second-order valence-electron chi connectivity index (χ2n) is 8.06. The highest BCUT2D eigenvalue weighted by Gasteiger charge is 2.17. The molecule has 0 bridgehead atoms. The number of ether oxygens (including phenoxy) is 2. The maximum absolute atomic E-state index is 6.02. The van der Waals surface area contributed by atoms with Crippen LogP contribution in [0.25, 0.3) is 0 Å². The van der Waals surface area contributed by atoms with Crippen molar-refractivity contribution in [2.45, 2.75) is 45.3 Å². The molecule has 1 aliphatic heterocycles. The van der Waals surface area contributed by atoms with Crippen LogP contribution in [0.5, 0.6) is 5.75 Å². The molecule has 8 heteroatoms. The van der Waals surface area contributed by atoms with E-state index in [0.717, 1.165) is 75.9 Å². The Bertz CT molecular complexity index is 790. The van der Waals surface area contributed by atoms with Gasteiger partial charge >= 0.3 is 0 Å². The van der Waals surface area contributed by atoms with Crippen molar-refractivity contribution in [1.82, 2.24) is 25.3 Å². The Hall–Kier alpha value is -2.58. The average molecular weight is 443 g/mol. The summed E-state index contributed by atoms with van der Waals surface area (Å²) in [6.45, 7) is 8.58. The van der Waals surface area contributed by atoms with Crippen molar-refractivity contribution in [3.05, 3.63) is 48.3 Å². The van der Waals surface area contributed by atoms with Crippen molar-refractivity contribution in [3.8, 4) is 5.75 Å². The number of aliphatic imine (C=N–C) groups is 1. The number of rotatable bonds is 12. The van der Waals surface area contributed by atoms with E-state index in [9.17, 15) is 0 Å². The number of guanidine groups is 1. The Morgan fingerprint density at radius 1 is 1.28 bits per heavy atom. The van der Waals surface area contributed by atoms with E-state index in [1.165, 1.54) is 0 Å². The van der Waals surface area contributed by atoms with Gasteiger partial charge in [-0.05, 0) is 57.0 Å². The van der Waals surface area contributed by atoms with Gasteiger partial charge in [0.25, 0.3) is 0 Å². The first kappa shape index (κ1) is 24.1. The van der Waals surface area contributed by atoms with Gasteiger partial charge in [0.2, 0.25) is 0 Å². The van der Waals surface area contributed by atoms with Crippen LogP contribution < -0.4 is 15.4 Å². The second-order valence-corrected chi connectivity index (χ2v) is 8.06. The van der Waals surface area contributed by atoms with Gasteiger partial charge in [-0.15, -0.1) is 0 Å². The summed E-state index contributed by atoms with van der Waals surface area (Å²) in [5, 5.41) is 10.9. The first-order valence-electron chi connectivity index (χ1n) is 11.7. The fourth-order valence-electron chi connectivity index (χ4n) is 3.74. The number of aryl methyl sites for hydroxylation is 1. The second kappa shape index (κ2) is 13.8. The van der Waals surface area contributed by atoms with Crippen LogP contribution in [-0.2, 0) is 17.8 Å². The smallest absolute Gasteiger partial charge is 0.191 e. The van der Waals surface area contributed by atoms with Crippen LogP contribution >= 0.6 is 0 Å². The summed E-state index contributed by atoms with van der Waals surface area (Å²) in [6.07, 6.45) is 6.99. The fourth-order valence-corrected chi connectivity index (χ4v) is 3.74.